The van der Waals surface area contributed by atoms with Crippen LogP contribution in [0.3, 0.4) is 0 Å². The lowest BCUT2D eigenvalue weighted by Crippen LogP contribution is -2.62. The van der Waals surface area contributed by atoms with E-state index >= 15 is 0 Å². The maximum Gasteiger partial charge on any atom is 0.307 e. The van der Waals surface area contributed by atoms with Crippen LogP contribution in [0.4, 0.5) is 0 Å². The van der Waals surface area contributed by atoms with Gasteiger partial charge in [0, 0.05) is 11.5 Å². The first-order chi connectivity index (χ1) is 8.84. The lowest BCUT2D eigenvalue weighted by Gasteiger charge is -2.50. The van der Waals surface area contributed by atoms with Crippen LogP contribution < -0.4 is 5.32 Å². The summed E-state index contributed by atoms with van der Waals surface area (Å²) < 4.78 is 0. The van der Waals surface area contributed by atoms with Crippen molar-refractivity contribution in [3.8, 4) is 0 Å². The van der Waals surface area contributed by atoms with Crippen molar-refractivity contribution in [2.24, 2.45) is 17.3 Å². The van der Waals surface area contributed by atoms with Gasteiger partial charge in [-0.1, -0.05) is 26.7 Å². The summed E-state index contributed by atoms with van der Waals surface area (Å²) in [5.74, 6) is -1.99. The van der Waals surface area contributed by atoms with Gasteiger partial charge >= 0.3 is 5.97 Å². The highest BCUT2D eigenvalue weighted by molar-refractivity contribution is 5.85. The average molecular weight is 269 g/mol. The zero-order valence-corrected chi connectivity index (χ0v) is 11.6. The summed E-state index contributed by atoms with van der Waals surface area (Å²) in [7, 11) is 0. The second-order valence-electron chi connectivity index (χ2n) is 6.47. The monoisotopic (exact) mass is 269 g/mol. The third-order valence-corrected chi connectivity index (χ3v) is 4.95. The van der Waals surface area contributed by atoms with Gasteiger partial charge in [0.25, 0.3) is 0 Å². The van der Waals surface area contributed by atoms with E-state index in [1.54, 1.807) is 0 Å². The molecule has 0 saturated heterocycles. The summed E-state index contributed by atoms with van der Waals surface area (Å²) in [6, 6.07) is -0.0497. The number of hydrogen-bond donors (Lipinski definition) is 3. The molecule has 5 nitrogen and oxygen atoms in total. The first-order valence-corrected chi connectivity index (χ1v) is 7.05. The fourth-order valence-corrected chi connectivity index (χ4v) is 3.17. The van der Waals surface area contributed by atoms with Crippen LogP contribution in [0.2, 0.25) is 0 Å². The number of carbonyl (C=O) groups excluding carboxylic acids is 1. The molecule has 4 unspecified atom stereocenters. The Kier molecular flexibility index (Phi) is 3.85. The minimum absolute atomic E-state index is 0.0497. The zero-order chi connectivity index (χ0) is 14.2. The fourth-order valence-electron chi connectivity index (χ4n) is 3.17. The maximum absolute atomic E-state index is 12.3. The fraction of sp³-hybridized carbons (Fsp3) is 0.857. The number of aliphatic hydroxyl groups excluding tert-OH is 1. The standard InChI is InChI=1S/C14H23NO4/c1-14(2)10(7-11(14)16)15-12(17)8-5-3-4-6-9(8)13(18)19/h8-11,16H,3-7H2,1-2H3,(H,15,17)(H,18,19). The average Bonchev–Trinajstić information content (AvgIpc) is 2.38. The van der Waals surface area contributed by atoms with E-state index in [4.69, 9.17) is 0 Å². The molecule has 3 N–H and O–H groups in total. The van der Waals surface area contributed by atoms with Crippen LogP contribution in [0.5, 0.6) is 0 Å². The summed E-state index contributed by atoms with van der Waals surface area (Å²) in [6.45, 7) is 3.84. The van der Waals surface area contributed by atoms with Crippen molar-refractivity contribution in [1.82, 2.24) is 5.32 Å². The second-order valence-corrected chi connectivity index (χ2v) is 6.47. The molecular weight excluding hydrogens is 246 g/mol. The molecular formula is C14H23NO4. The van der Waals surface area contributed by atoms with Crippen molar-refractivity contribution in [1.29, 1.82) is 0 Å². The molecule has 2 saturated carbocycles. The molecule has 0 bridgehead atoms. The van der Waals surface area contributed by atoms with Gasteiger partial charge in [0.15, 0.2) is 0 Å². The van der Waals surface area contributed by atoms with E-state index in [0.717, 1.165) is 12.8 Å². The van der Waals surface area contributed by atoms with Gasteiger partial charge in [-0.3, -0.25) is 9.59 Å². The van der Waals surface area contributed by atoms with E-state index < -0.39 is 17.8 Å². The van der Waals surface area contributed by atoms with Gasteiger partial charge in [-0.25, -0.2) is 0 Å². The van der Waals surface area contributed by atoms with E-state index in [1.165, 1.54) is 0 Å². The Bertz CT molecular complexity index is 380. The van der Waals surface area contributed by atoms with Crippen LogP contribution in [0.15, 0.2) is 0 Å². The maximum atomic E-state index is 12.3. The molecule has 2 aliphatic carbocycles. The van der Waals surface area contributed by atoms with E-state index in [1.807, 2.05) is 13.8 Å². The number of carbonyl (C=O) groups is 2. The Hall–Kier alpha value is -1.10. The van der Waals surface area contributed by atoms with Crippen molar-refractivity contribution in [2.75, 3.05) is 0 Å². The molecule has 2 aliphatic rings. The molecule has 0 heterocycles. The molecule has 2 fully saturated rings. The molecule has 0 aromatic rings. The molecule has 108 valence electrons. The zero-order valence-electron chi connectivity index (χ0n) is 11.6. The number of nitrogens with one attached hydrogen (secondary N) is 1. The summed E-state index contributed by atoms with van der Waals surface area (Å²) in [4.78, 5) is 23.5. The van der Waals surface area contributed by atoms with Crippen LogP contribution in [-0.2, 0) is 9.59 Å². The Labute approximate surface area is 113 Å². The molecule has 0 spiro atoms. The largest absolute Gasteiger partial charge is 0.481 e. The third-order valence-electron chi connectivity index (χ3n) is 4.95. The highest BCUT2D eigenvalue weighted by Crippen LogP contribution is 2.41. The molecule has 5 heteroatoms. The Balaban J connectivity index is 1.97. The number of carboxylic acids is 1. The SMILES string of the molecule is CC1(C)C(O)CC1NC(=O)C1CCCCC1C(=O)O. The lowest BCUT2D eigenvalue weighted by atomic mass is 9.64. The van der Waals surface area contributed by atoms with Crippen molar-refractivity contribution >= 4 is 11.9 Å². The first-order valence-electron chi connectivity index (χ1n) is 7.05. The smallest absolute Gasteiger partial charge is 0.307 e. The van der Waals surface area contributed by atoms with Gasteiger partial charge in [-0.15, -0.1) is 0 Å². The molecule has 4 atom stereocenters. The molecule has 0 aromatic carbocycles. The number of amides is 1. The van der Waals surface area contributed by atoms with Crippen LogP contribution in [-0.4, -0.2) is 34.2 Å². The number of rotatable bonds is 3. The normalized spacial score (nSPS) is 37.2. The minimum atomic E-state index is -0.868. The Morgan fingerprint density at radius 3 is 2.21 bits per heavy atom. The van der Waals surface area contributed by atoms with E-state index in [9.17, 15) is 19.8 Å². The first kappa shape index (κ1) is 14.3. The quantitative estimate of drug-likeness (QED) is 0.717. The van der Waals surface area contributed by atoms with Crippen molar-refractivity contribution in [3.05, 3.63) is 0 Å². The third kappa shape index (κ3) is 2.61. The van der Waals surface area contributed by atoms with Crippen LogP contribution in [0.25, 0.3) is 0 Å². The minimum Gasteiger partial charge on any atom is -0.481 e. The molecule has 0 aromatic heterocycles. The predicted octanol–water partition coefficient (Wildman–Crippen LogP) is 1.15. The van der Waals surface area contributed by atoms with Gasteiger partial charge in [0.1, 0.15) is 0 Å². The summed E-state index contributed by atoms with van der Waals surface area (Å²) >= 11 is 0. The van der Waals surface area contributed by atoms with Gasteiger partial charge in [-0.2, -0.15) is 0 Å². The van der Waals surface area contributed by atoms with E-state index in [-0.39, 0.29) is 23.5 Å². The number of hydrogen-bond acceptors (Lipinski definition) is 3. The van der Waals surface area contributed by atoms with Crippen LogP contribution >= 0.6 is 0 Å². The second kappa shape index (κ2) is 5.12. The van der Waals surface area contributed by atoms with E-state index in [0.29, 0.717) is 19.3 Å². The highest BCUT2D eigenvalue weighted by atomic mass is 16.4. The molecule has 0 radical (unpaired) electrons. The lowest BCUT2D eigenvalue weighted by molar-refractivity contribution is -0.150. The van der Waals surface area contributed by atoms with Crippen LogP contribution in [0.1, 0.15) is 46.0 Å². The number of aliphatic hydroxyl groups is 1. The predicted molar refractivity (Wildman–Crippen MR) is 69.4 cm³/mol. The topological polar surface area (TPSA) is 86.6 Å². The van der Waals surface area contributed by atoms with Gasteiger partial charge in [-0.05, 0) is 19.3 Å². The molecule has 19 heavy (non-hydrogen) atoms. The number of carboxylic acid groups (broad SMARTS) is 1. The Morgan fingerprint density at radius 2 is 1.74 bits per heavy atom. The van der Waals surface area contributed by atoms with Gasteiger partial charge in [0.05, 0.1) is 17.9 Å². The van der Waals surface area contributed by atoms with Gasteiger partial charge in [0.2, 0.25) is 5.91 Å². The van der Waals surface area contributed by atoms with Crippen molar-refractivity contribution < 1.29 is 19.8 Å². The van der Waals surface area contributed by atoms with Crippen molar-refractivity contribution in [2.45, 2.75) is 58.1 Å². The van der Waals surface area contributed by atoms with Crippen LogP contribution in [0, 0.1) is 17.3 Å². The summed E-state index contributed by atoms with van der Waals surface area (Å²) in [5.41, 5.74) is -0.316. The Morgan fingerprint density at radius 1 is 1.16 bits per heavy atom. The summed E-state index contributed by atoms with van der Waals surface area (Å²) in [6.07, 6.45) is 3.21. The highest BCUT2D eigenvalue weighted by Gasteiger charge is 2.49. The molecule has 1 amide bonds. The van der Waals surface area contributed by atoms with Crippen molar-refractivity contribution in [3.63, 3.8) is 0 Å². The molecule has 0 aliphatic heterocycles. The van der Waals surface area contributed by atoms with E-state index in [2.05, 4.69) is 5.32 Å². The van der Waals surface area contributed by atoms with Gasteiger partial charge < -0.3 is 15.5 Å². The summed E-state index contributed by atoms with van der Waals surface area (Å²) in [5, 5.41) is 21.8. The number of aliphatic carboxylic acids is 1. The molecule has 2 rings (SSSR count).